The maximum Gasteiger partial charge on any atom is 0.0439 e. The van der Waals surface area contributed by atoms with Gasteiger partial charge in [-0.1, -0.05) is 12.8 Å². The highest BCUT2D eigenvalue weighted by Crippen LogP contribution is 2.35. The third-order valence-electron chi connectivity index (χ3n) is 3.64. The molecular weight excluding hydrogens is 222 g/mol. The lowest BCUT2D eigenvalue weighted by Gasteiger charge is -2.17. The van der Waals surface area contributed by atoms with Gasteiger partial charge in [0.25, 0.3) is 0 Å². The SMILES string of the molecule is CC(CC1CC1)Nc1ccc(N)c2ccncc12. The van der Waals surface area contributed by atoms with Crippen LogP contribution in [-0.4, -0.2) is 11.0 Å². The molecule has 18 heavy (non-hydrogen) atoms. The minimum Gasteiger partial charge on any atom is -0.398 e. The fourth-order valence-corrected chi connectivity index (χ4v) is 2.52. The van der Waals surface area contributed by atoms with Crippen LogP contribution in [0.25, 0.3) is 10.8 Å². The van der Waals surface area contributed by atoms with Crippen molar-refractivity contribution in [2.24, 2.45) is 5.92 Å². The van der Waals surface area contributed by atoms with Gasteiger partial charge in [-0.3, -0.25) is 4.98 Å². The Balaban J connectivity index is 1.88. The molecule has 1 atom stereocenters. The van der Waals surface area contributed by atoms with Crippen molar-refractivity contribution in [1.29, 1.82) is 0 Å². The van der Waals surface area contributed by atoms with Gasteiger partial charge in [-0.2, -0.15) is 0 Å². The van der Waals surface area contributed by atoms with Gasteiger partial charge in [-0.25, -0.2) is 0 Å². The zero-order valence-electron chi connectivity index (χ0n) is 10.7. The Labute approximate surface area is 107 Å². The molecule has 3 rings (SSSR count). The maximum atomic E-state index is 5.99. The van der Waals surface area contributed by atoms with Crippen molar-refractivity contribution in [2.45, 2.75) is 32.2 Å². The summed E-state index contributed by atoms with van der Waals surface area (Å²) in [5.74, 6) is 0.936. The first-order valence-electron chi connectivity index (χ1n) is 6.63. The van der Waals surface area contributed by atoms with Gasteiger partial charge in [0.1, 0.15) is 0 Å². The molecule has 1 aliphatic rings. The third-order valence-corrected chi connectivity index (χ3v) is 3.64. The fourth-order valence-electron chi connectivity index (χ4n) is 2.52. The van der Waals surface area contributed by atoms with Gasteiger partial charge in [0, 0.05) is 40.6 Å². The van der Waals surface area contributed by atoms with Crippen LogP contribution in [0.2, 0.25) is 0 Å². The van der Waals surface area contributed by atoms with Crippen LogP contribution in [0.15, 0.2) is 30.6 Å². The number of pyridine rings is 1. The number of nitrogens with one attached hydrogen (secondary N) is 1. The van der Waals surface area contributed by atoms with E-state index in [-0.39, 0.29) is 0 Å². The van der Waals surface area contributed by atoms with Gasteiger partial charge >= 0.3 is 0 Å². The Morgan fingerprint density at radius 3 is 2.94 bits per heavy atom. The second-order valence-electron chi connectivity index (χ2n) is 5.35. The van der Waals surface area contributed by atoms with Crippen LogP contribution < -0.4 is 11.1 Å². The largest absolute Gasteiger partial charge is 0.398 e. The predicted molar refractivity (Wildman–Crippen MR) is 76.6 cm³/mol. The number of nitrogens with two attached hydrogens (primary N) is 1. The van der Waals surface area contributed by atoms with E-state index in [2.05, 4.69) is 23.3 Å². The van der Waals surface area contributed by atoms with Crippen molar-refractivity contribution >= 4 is 22.1 Å². The van der Waals surface area contributed by atoms with Crippen LogP contribution in [-0.2, 0) is 0 Å². The Bertz CT molecular complexity index is 561. The van der Waals surface area contributed by atoms with Crippen LogP contribution in [0, 0.1) is 5.92 Å². The summed E-state index contributed by atoms with van der Waals surface area (Å²) >= 11 is 0. The van der Waals surface area contributed by atoms with Crippen LogP contribution in [0.3, 0.4) is 0 Å². The van der Waals surface area contributed by atoms with Crippen LogP contribution >= 0.6 is 0 Å². The Hall–Kier alpha value is -1.77. The lowest BCUT2D eigenvalue weighted by Crippen LogP contribution is -2.16. The minimum atomic E-state index is 0.504. The number of anilines is 2. The number of hydrogen-bond acceptors (Lipinski definition) is 3. The summed E-state index contributed by atoms with van der Waals surface area (Å²) in [6.07, 6.45) is 7.73. The number of fused-ring (bicyclic) bond motifs is 1. The first kappa shape index (κ1) is 11.3. The molecule has 0 bridgehead atoms. The molecule has 2 aromatic rings. The molecule has 1 aromatic heterocycles. The molecule has 1 saturated carbocycles. The standard InChI is InChI=1S/C15H19N3/c1-10(8-11-2-3-11)18-15-5-4-14(16)12-6-7-17-9-13(12)15/h4-7,9-11,18H,2-3,8,16H2,1H3. The van der Waals surface area contributed by atoms with Crippen molar-refractivity contribution in [1.82, 2.24) is 4.98 Å². The molecule has 0 amide bonds. The molecule has 3 heteroatoms. The van der Waals surface area contributed by atoms with Crippen molar-refractivity contribution in [3.8, 4) is 0 Å². The summed E-state index contributed by atoms with van der Waals surface area (Å²) in [6.45, 7) is 2.25. The van der Waals surface area contributed by atoms with E-state index in [0.29, 0.717) is 6.04 Å². The highest BCUT2D eigenvalue weighted by molar-refractivity contribution is 6.00. The van der Waals surface area contributed by atoms with Crippen LogP contribution in [0.4, 0.5) is 11.4 Å². The summed E-state index contributed by atoms with van der Waals surface area (Å²) in [7, 11) is 0. The number of nitrogens with zero attached hydrogens (tertiary/aromatic N) is 1. The first-order chi connectivity index (χ1) is 8.74. The van der Waals surface area contributed by atoms with Gasteiger partial charge in [0.2, 0.25) is 0 Å². The summed E-state index contributed by atoms with van der Waals surface area (Å²) in [5, 5.41) is 5.78. The van der Waals surface area contributed by atoms with Crippen molar-refractivity contribution in [3.05, 3.63) is 30.6 Å². The molecule has 1 heterocycles. The average molecular weight is 241 g/mol. The van der Waals surface area contributed by atoms with Gasteiger partial charge in [0.05, 0.1) is 0 Å². The minimum absolute atomic E-state index is 0.504. The zero-order valence-corrected chi connectivity index (χ0v) is 10.7. The second-order valence-corrected chi connectivity index (χ2v) is 5.35. The smallest absolute Gasteiger partial charge is 0.0439 e. The van der Waals surface area contributed by atoms with E-state index < -0.39 is 0 Å². The third kappa shape index (κ3) is 2.26. The Kier molecular flexibility index (Phi) is 2.82. The molecule has 3 N–H and O–H groups in total. The summed E-state index contributed by atoms with van der Waals surface area (Å²) in [4.78, 5) is 4.20. The molecule has 1 unspecified atom stereocenters. The van der Waals surface area contributed by atoms with E-state index in [0.717, 1.165) is 28.1 Å². The second kappa shape index (κ2) is 4.48. The highest BCUT2D eigenvalue weighted by atomic mass is 14.9. The Morgan fingerprint density at radius 1 is 1.33 bits per heavy atom. The molecule has 3 nitrogen and oxygen atoms in total. The molecule has 0 aliphatic heterocycles. The van der Waals surface area contributed by atoms with E-state index in [1.807, 2.05) is 18.3 Å². The van der Waals surface area contributed by atoms with Gasteiger partial charge in [-0.05, 0) is 37.5 Å². The fraction of sp³-hybridized carbons (Fsp3) is 0.400. The molecule has 0 spiro atoms. The van der Waals surface area contributed by atoms with E-state index in [1.54, 1.807) is 6.20 Å². The number of nitrogen functional groups attached to an aromatic ring is 1. The molecule has 94 valence electrons. The van der Waals surface area contributed by atoms with E-state index >= 15 is 0 Å². The predicted octanol–water partition coefficient (Wildman–Crippen LogP) is 3.42. The van der Waals surface area contributed by atoms with E-state index in [4.69, 9.17) is 5.73 Å². The van der Waals surface area contributed by atoms with Gasteiger partial charge in [0.15, 0.2) is 0 Å². The maximum absolute atomic E-state index is 5.99. The van der Waals surface area contributed by atoms with Crippen molar-refractivity contribution in [2.75, 3.05) is 11.1 Å². The van der Waals surface area contributed by atoms with Crippen molar-refractivity contribution < 1.29 is 0 Å². The van der Waals surface area contributed by atoms with E-state index in [1.165, 1.54) is 19.3 Å². The zero-order chi connectivity index (χ0) is 12.5. The molecule has 1 fully saturated rings. The highest BCUT2D eigenvalue weighted by Gasteiger charge is 2.23. The van der Waals surface area contributed by atoms with Crippen LogP contribution in [0.5, 0.6) is 0 Å². The lowest BCUT2D eigenvalue weighted by molar-refractivity contribution is 0.643. The molecule has 0 radical (unpaired) electrons. The average Bonchev–Trinajstić information content (AvgIpc) is 3.17. The monoisotopic (exact) mass is 241 g/mol. The first-order valence-corrected chi connectivity index (χ1v) is 6.63. The van der Waals surface area contributed by atoms with E-state index in [9.17, 15) is 0 Å². The molecule has 1 aromatic carbocycles. The van der Waals surface area contributed by atoms with Crippen molar-refractivity contribution in [3.63, 3.8) is 0 Å². The normalized spacial score (nSPS) is 16.7. The van der Waals surface area contributed by atoms with Gasteiger partial charge < -0.3 is 11.1 Å². The molecule has 1 aliphatic carbocycles. The lowest BCUT2D eigenvalue weighted by atomic mass is 10.1. The Morgan fingerprint density at radius 2 is 2.17 bits per heavy atom. The summed E-state index contributed by atoms with van der Waals surface area (Å²) in [6, 6.07) is 6.50. The summed E-state index contributed by atoms with van der Waals surface area (Å²) in [5.41, 5.74) is 7.94. The summed E-state index contributed by atoms with van der Waals surface area (Å²) < 4.78 is 0. The molecule has 0 saturated heterocycles. The van der Waals surface area contributed by atoms with Gasteiger partial charge in [-0.15, -0.1) is 0 Å². The molecular formula is C15H19N3. The topological polar surface area (TPSA) is 50.9 Å². The number of benzene rings is 1. The number of hydrogen-bond donors (Lipinski definition) is 2. The quantitative estimate of drug-likeness (QED) is 0.806. The van der Waals surface area contributed by atoms with Crippen LogP contribution in [0.1, 0.15) is 26.2 Å². The number of rotatable bonds is 4. The number of aromatic nitrogens is 1.